The van der Waals surface area contributed by atoms with E-state index in [1.54, 1.807) is 0 Å². The molecule has 188 valence electrons. The summed E-state index contributed by atoms with van der Waals surface area (Å²) < 4.78 is 0. The summed E-state index contributed by atoms with van der Waals surface area (Å²) in [5.74, 6) is -0.424. The first kappa shape index (κ1) is 24.5. The molecule has 3 heterocycles. The Kier molecular flexibility index (Phi) is 7.36. The Bertz CT molecular complexity index is 1190. The molecule has 9 heteroatoms. The van der Waals surface area contributed by atoms with Crippen LogP contribution in [-0.2, 0) is 0 Å². The van der Waals surface area contributed by atoms with E-state index < -0.39 is 5.91 Å². The van der Waals surface area contributed by atoms with Gasteiger partial charge in [0.2, 0.25) is 0 Å². The molecule has 0 bridgehead atoms. The molecule has 5 rings (SSSR count). The number of aromatic nitrogens is 2. The summed E-state index contributed by atoms with van der Waals surface area (Å²) in [5.41, 5.74) is 8.84. The van der Waals surface area contributed by atoms with E-state index in [1.807, 2.05) is 42.5 Å². The number of piperidine rings is 1. The average molecular weight is 506 g/mol. The average Bonchev–Trinajstić information content (AvgIpc) is 2.90. The maximum atomic E-state index is 12.1. The molecule has 0 spiro atoms. The molecule has 8 nitrogen and oxygen atoms in total. The van der Waals surface area contributed by atoms with Gasteiger partial charge in [-0.25, -0.2) is 9.97 Å². The largest absolute Gasteiger partial charge is 0.371 e. The number of piperazine rings is 1. The van der Waals surface area contributed by atoms with Crippen molar-refractivity contribution in [1.82, 2.24) is 19.8 Å². The summed E-state index contributed by atoms with van der Waals surface area (Å²) in [5, 5.41) is 3.37. The molecule has 3 N–H and O–H groups in total. The zero-order chi connectivity index (χ0) is 25.1. The number of nitrogens with two attached hydrogens (primary N) is 1. The highest BCUT2D eigenvalue weighted by molar-refractivity contribution is 6.32. The van der Waals surface area contributed by atoms with E-state index in [9.17, 15) is 4.79 Å². The fourth-order valence-electron chi connectivity index (χ4n) is 5.02. The van der Waals surface area contributed by atoms with Crippen LogP contribution >= 0.6 is 11.6 Å². The first-order valence-electron chi connectivity index (χ1n) is 12.5. The SMILES string of the molecule is CN1CCN(C2CCN(c3ccc(Nc4nc(Cl)c(-c5ccccc5)nc4C(N)=O)cc3)CC2)CC1. The summed E-state index contributed by atoms with van der Waals surface area (Å²) in [6.07, 6.45) is 2.38. The highest BCUT2D eigenvalue weighted by Gasteiger charge is 2.26. The summed E-state index contributed by atoms with van der Waals surface area (Å²) in [4.78, 5) is 28.5. The molecular weight excluding hydrogens is 474 g/mol. The number of hydrogen-bond acceptors (Lipinski definition) is 7. The number of carbonyl (C=O) groups excluding carboxylic acids is 1. The van der Waals surface area contributed by atoms with Gasteiger partial charge in [0.15, 0.2) is 16.7 Å². The maximum Gasteiger partial charge on any atom is 0.271 e. The minimum absolute atomic E-state index is 0.0494. The van der Waals surface area contributed by atoms with E-state index >= 15 is 0 Å². The first-order chi connectivity index (χ1) is 17.5. The van der Waals surface area contributed by atoms with E-state index in [1.165, 1.54) is 31.6 Å². The number of halogens is 1. The highest BCUT2D eigenvalue weighted by atomic mass is 35.5. The van der Waals surface area contributed by atoms with Crippen LogP contribution in [0.15, 0.2) is 54.6 Å². The summed E-state index contributed by atoms with van der Waals surface area (Å²) in [6, 6.07) is 18.2. The van der Waals surface area contributed by atoms with Gasteiger partial charge in [-0.15, -0.1) is 0 Å². The molecule has 1 aromatic heterocycles. The Morgan fingerprint density at radius 1 is 0.944 bits per heavy atom. The zero-order valence-corrected chi connectivity index (χ0v) is 21.3. The zero-order valence-electron chi connectivity index (χ0n) is 20.5. The third-order valence-electron chi connectivity index (χ3n) is 7.15. The number of benzene rings is 2. The number of likely N-dealkylation sites (N-methyl/N-ethyl adjacent to an activating group) is 1. The lowest BCUT2D eigenvalue weighted by molar-refractivity contribution is 0.0982. The van der Waals surface area contributed by atoms with Crippen LogP contribution in [0.1, 0.15) is 23.3 Å². The molecule has 1 amide bonds. The van der Waals surface area contributed by atoms with Crippen molar-refractivity contribution in [3.63, 3.8) is 0 Å². The number of carbonyl (C=O) groups is 1. The molecule has 2 aliphatic heterocycles. The van der Waals surface area contributed by atoms with Crippen LogP contribution in [0.2, 0.25) is 5.15 Å². The van der Waals surface area contributed by atoms with Gasteiger partial charge in [0.25, 0.3) is 5.91 Å². The van der Waals surface area contributed by atoms with Gasteiger partial charge >= 0.3 is 0 Å². The Morgan fingerprint density at radius 2 is 1.61 bits per heavy atom. The second kappa shape index (κ2) is 10.8. The summed E-state index contributed by atoms with van der Waals surface area (Å²) >= 11 is 6.43. The van der Waals surface area contributed by atoms with E-state index in [4.69, 9.17) is 17.3 Å². The van der Waals surface area contributed by atoms with Crippen LogP contribution in [-0.4, -0.2) is 78.0 Å². The molecule has 0 radical (unpaired) electrons. The van der Waals surface area contributed by atoms with Gasteiger partial charge in [-0.1, -0.05) is 41.9 Å². The minimum Gasteiger partial charge on any atom is -0.371 e. The van der Waals surface area contributed by atoms with Crippen molar-refractivity contribution in [2.75, 3.05) is 56.5 Å². The molecule has 0 aliphatic carbocycles. The van der Waals surface area contributed by atoms with Crippen molar-refractivity contribution in [3.05, 3.63) is 65.4 Å². The van der Waals surface area contributed by atoms with Gasteiger partial charge in [0.05, 0.1) is 0 Å². The highest BCUT2D eigenvalue weighted by Crippen LogP contribution is 2.30. The van der Waals surface area contributed by atoms with Gasteiger partial charge in [-0.05, 0) is 44.2 Å². The predicted molar refractivity (Wildman–Crippen MR) is 145 cm³/mol. The number of nitrogens with zero attached hydrogens (tertiary/aromatic N) is 5. The predicted octanol–water partition coefficient (Wildman–Crippen LogP) is 3.86. The first-order valence-corrected chi connectivity index (χ1v) is 12.8. The number of amides is 1. The van der Waals surface area contributed by atoms with Crippen molar-refractivity contribution >= 4 is 34.7 Å². The topological polar surface area (TPSA) is 90.6 Å². The maximum absolute atomic E-state index is 12.1. The van der Waals surface area contributed by atoms with Gasteiger partial charge in [0, 0.05) is 62.2 Å². The molecule has 2 aromatic carbocycles. The van der Waals surface area contributed by atoms with Gasteiger partial charge in [-0.2, -0.15) is 0 Å². The lowest BCUT2D eigenvalue weighted by atomic mass is 10.0. The van der Waals surface area contributed by atoms with Crippen molar-refractivity contribution in [3.8, 4) is 11.3 Å². The van der Waals surface area contributed by atoms with Crippen molar-refractivity contribution < 1.29 is 4.79 Å². The Balaban J connectivity index is 1.25. The van der Waals surface area contributed by atoms with Crippen molar-refractivity contribution in [2.24, 2.45) is 5.73 Å². The van der Waals surface area contributed by atoms with Crippen LogP contribution in [0.4, 0.5) is 17.2 Å². The van der Waals surface area contributed by atoms with Crippen LogP contribution in [0, 0.1) is 0 Å². The number of nitrogens with one attached hydrogen (secondary N) is 1. The van der Waals surface area contributed by atoms with Gasteiger partial charge in [0.1, 0.15) is 5.69 Å². The number of anilines is 3. The molecule has 2 fully saturated rings. The number of hydrogen-bond donors (Lipinski definition) is 2. The molecule has 2 aliphatic rings. The fraction of sp³-hybridized carbons (Fsp3) is 0.370. The quantitative estimate of drug-likeness (QED) is 0.525. The van der Waals surface area contributed by atoms with Crippen LogP contribution in [0.5, 0.6) is 0 Å². The smallest absolute Gasteiger partial charge is 0.271 e. The normalized spacial score (nSPS) is 17.8. The van der Waals surface area contributed by atoms with E-state index in [2.05, 4.69) is 49.2 Å². The third kappa shape index (κ3) is 5.46. The number of rotatable bonds is 6. The lowest BCUT2D eigenvalue weighted by Gasteiger charge is -2.42. The molecule has 36 heavy (non-hydrogen) atoms. The minimum atomic E-state index is -0.668. The molecule has 3 aromatic rings. The van der Waals surface area contributed by atoms with Crippen LogP contribution in [0.25, 0.3) is 11.3 Å². The van der Waals surface area contributed by atoms with Crippen LogP contribution in [0.3, 0.4) is 0 Å². The van der Waals surface area contributed by atoms with Crippen molar-refractivity contribution in [2.45, 2.75) is 18.9 Å². The van der Waals surface area contributed by atoms with E-state index in [0.717, 1.165) is 37.4 Å². The second-order valence-electron chi connectivity index (χ2n) is 9.52. The standard InChI is InChI=1S/C27H32ClN7O/c1-33-15-17-35(18-16-33)22-11-13-34(14-12-22)21-9-7-20(8-10-21)30-27-24(26(29)36)31-23(25(28)32-27)19-5-3-2-4-6-19/h2-10,22H,11-18H2,1H3,(H2,29,36)(H,30,32). The summed E-state index contributed by atoms with van der Waals surface area (Å²) in [6.45, 7) is 6.78. The van der Waals surface area contributed by atoms with Crippen LogP contribution < -0.4 is 16.0 Å². The van der Waals surface area contributed by atoms with Gasteiger partial charge in [-0.3, -0.25) is 9.69 Å². The molecule has 0 unspecified atom stereocenters. The van der Waals surface area contributed by atoms with E-state index in [0.29, 0.717) is 11.7 Å². The van der Waals surface area contributed by atoms with Gasteiger partial charge < -0.3 is 20.9 Å². The summed E-state index contributed by atoms with van der Waals surface area (Å²) in [7, 11) is 2.20. The Labute approximate surface area is 217 Å². The molecule has 2 saturated heterocycles. The van der Waals surface area contributed by atoms with E-state index in [-0.39, 0.29) is 16.7 Å². The second-order valence-corrected chi connectivity index (χ2v) is 9.88. The molecule has 0 atom stereocenters. The third-order valence-corrected chi connectivity index (χ3v) is 7.41. The molecule has 0 saturated carbocycles. The molecular formula is C27H32ClN7O. The Morgan fingerprint density at radius 3 is 2.25 bits per heavy atom. The monoisotopic (exact) mass is 505 g/mol. The lowest BCUT2D eigenvalue weighted by Crippen LogP contribution is -2.52. The Hall–Kier alpha value is -3.20. The van der Waals surface area contributed by atoms with Crippen molar-refractivity contribution in [1.29, 1.82) is 0 Å². The fourth-order valence-corrected chi connectivity index (χ4v) is 5.26. The number of primary amides is 1.